The molecule has 136 valence electrons. The van der Waals surface area contributed by atoms with Crippen molar-refractivity contribution >= 4 is 44.7 Å². The molecule has 7 nitrogen and oxygen atoms in total. The second kappa shape index (κ2) is 6.62. The molecule has 9 heteroatoms. The number of carbonyl (C=O) groups is 1. The molecule has 0 atom stereocenters. The fourth-order valence-corrected chi connectivity index (χ4v) is 4.07. The molecule has 1 aromatic heterocycles. The van der Waals surface area contributed by atoms with Gasteiger partial charge in [-0.05, 0) is 49.7 Å². The lowest BCUT2D eigenvalue weighted by Gasteiger charge is -2.19. The summed E-state index contributed by atoms with van der Waals surface area (Å²) in [6.07, 6.45) is 0. The molecule has 0 aliphatic rings. The second-order valence-electron chi connectivity index (χ2n) is 5.56. The van der Waals surface area contributed by atoms with E-state index in [0.717, 1.165) is 10.4 Å². The molecule has 1 heterocycles. The lowest BCUT2D eigenvalue weighted by atomic mass is 10.1. The number of aromatic nitrogens is 1. The maximum atomic E-state index is 13.0. The van der Waals surface area contributed by atoms with Gasteiger partial charge in [-0.25, -0.2) is 17.5 Å². The summed E-state index contributed by atoms with van der Waals surface area (Å²) in [5, 5.41) is 9.69. The van der Waals surface area contributed by atoms with Gasteiger partial charge in [0.05, 0.1) is 10.5 Å². The summed E-state index contributed by atoms with van der Waals surface area (Å²) in [7, 11) is -4.05. The fraction of sp³-hybridized carbons (Fsp3) is 0.176. The van der Waals surface area contributed by atoms with E-state index in [1.54, 1.807) is 32.0 Å². The highest BCUT2D eigenvalue weighted by molar-refractivity contribution is 7.92. The van der Waals surface area contributed by atoms with Gasteiger partial charge in [-0.15, -0.1) is 0 Å². The largest absolute Gasteiger partial charge is 0.478 e. The number of sulfonamides is 1. The molecule has 0 fully saturated rings. The quantitative estimate of drug-likeness (QED) is 0.708. The summed E-state index contributed by atoms with van der Waals surface area (Å²) in [4.78, 5) is 15.3. The number of rotatable bonds is 5. The summed E-state index contributed by atoms with van der Waals surface area (Å²) >= 11 is 5.92. The third-order valence-corrected chi connectivity index (χ3v) is 5.95. The fourth-order valence-electron chi connectivity index (χ4n) is 2.52. The van der Waals surface area contributed by atoms with E-state index >= 15 is 0 Å². The van der Waals surface area contributed by atoms with Crippen molar-refractivity contribution in [2.24, 2.45) is 0 Å². The molecule has 0 aliphatic heterocycles. The van der Waals surface area contributed by atoms with Crippen LogP contribution >= 0.6 is 11.6 Å². The number of fused-ring (bicyclic) bond motifs is 1. The summed E-state index contributed by atoms with van der Waals surface area (Å²) in [6.45, 7) is 3.28. The Morgan fingerprint density at radius 3 is 2.65 bits per heavy atom. The number of hydrogen-bond donors (Lipinski definition) is 1. The minimum absolute atomic E-state index is 0.0547. The predicted molar refractivity (Wildman–Crippen MR) is 97.4 cm³/mol. The van der Waals surface area contributed by atoms with Crippen LogP contribution < -0.4 is 4.31 Å². The summed E-state index contributed by atoms with van der Waals surface area (Å²) < 4.78 is 32.5. The zero-order valence-electron chi connectivity index (χ0n) is 13.9. The van der Waals surface area contributed by atoms with Gasteiger partial charge in [0, 0.05) is 11.6 Å². The second-order valence-corrected chi connectivity index (χ2v) is 7.86. The molecule has 26 heavy (non-hydrogen) atoms. The van der Waals surface area contributed by atoms with Crippen LogP contribution in [0.15, 0.2) is 45.7 Å². The molecular formula is C17H15ClN2O5S. The van der Waals surface area contributed by atoms with Gasteiger partial charge in [-0.1, -0.05) is 17.7 Å². The van der Waals surface area contributed by atoms with Crippen LogP contribution in [0.3, 0.4) is 0 Å². The maximum Gasteiger partial charge on any atom is 0.335 e. The Morgan fingerprint density at radius 2 is 2.00 bits per heavy atom. The Bertz CT molecular complexity index is 1110. The number of hydrogen-bond acceptors (Lipinski definition) is 5. The molecule has 3 aromatic rings. The van der Waals surface area contributed by atoms with Gasteiger partial charge >= 0.3 is 12.0 Å². The lowest BCUT2D eigenvalue weighted by molar-refractivity contribution is 0.0696. The van der Waals surface area contributed by atoms with E-state index in [1.807, 2.05) is 0 Å². The Balaban J connectivity index is 2.11. The first kappa shape index (κ1) is 18.2. The molecule has 0 amide bonds. The number of halogens is 1. The van der Waals surface area contributed by atoms with E-state index in [9.17, 15) is 18.3 Å². The van der Waals surface area contributed by atoms with Crippen LogP contribution in [0.5, 0.6) is 0 Å². The number of carboxylic acids is 1. The topological polar surface area (TPSA) is 101 Å². The molecular weight excluding hydrogens is 380 g/mol. The van der Waals surface area contributed by atoms with E-state index in [2.05, 4.69) is 4.98 Å². The molecule has 0 radical (unpaired) electrons. The number of benzene rings is 2. The summed E-state index contributed by atoms with van der Waals surface area (Å²) in [6, 6.07) is 8.62. The summed E-state index contributed by atoms with van der Waals surface area (Å²) in [5.41, 5.74) is 1.21. The van der Waals surface area contributed by atoms with E-state index in [-0.39, 0.29) is 23.0 Å². The van der Waals surface area contributed by atoms with Crippen LogP contribution in [-0.4, -0.2) is 31.0 Å². The first-order valence-electron chi connectivity index (χ1n) is 7.67. The van der Waals surface area contributed by atoms with Crippen molar-refractivity contribution in [2.75, 3.05) is 10.8 Å². The SMILES string of the molecule is CCN(c1nc2cc(Cl)ccc2o1)S(=O)(=O)c1ccc(C)c(C(=O)O)c1. The monoisotopic (exact) mass is 394 g/mol. The molecule has 1 N–H and O–H groups in total. The first-order valence-corrected chi connectivity index (χ1v) is 9.48. The highest BCUT2D eigenvalue weighted by Gasteiger charge is 2.28. The van der Waals surface area contributed by atoms with E-state index in [1.165, 1.54) is 12.1 Å². The average Bonchev–Trinajstić information content (AvgIpc) is 2.97. The number of carboxylic acid groups (broad SMARTS) is 1. The molecule has 0 unspecified atom stereocenters. The van der Waals surface area contributed by atoms with E-state index in [4.69, 9.17) is 16.0 Å². The molecule has 2 aromatic carbocycles. The predicted octanol–water partition coefficient (Wildman–Crippen LogP) is 3.70. The van der Waals surface area contributed by atoms with Crippen molar-refractivity contribution in [3.05, 3.63) is 52.5 Å². The Hall–Kier alpha value is -2.58. The van der Waals surface area contributed by atoms with Gasteiger partial charge in [0.25, 0.3) is 10.0 Å². The zero-order chi connectivity index (χ0) is 19.1. The number of anilines is 1. The van der Waals surface area contributed by atoms with Crippen LogP contribution in [0.1, 0.15) is 22.8 Å². The van der Waals surface area contributed by atoms with Gasteiger partial charge in [0.15, 0.2) is 5.58 Å². The first-order chi connectivity index (χ1) is 12.2. The van der Waals surface area contributed by atoms with Gasteiger partial charge < -0.3 is 9.52 Å². The number of aryl methyl sites for hydroxylation is 1. The van der Waals surface area contributed by atoms with Crippen molar-refractivity contribution in [1.29, 1.82) is 0 Å². The Morgan fingerprint density at radius 1 is 1.27 bits per heavy atom. The number of aromatic carboxylic acids is 1. The third-order valence-electron chi connectivity index (χ3n) is 3.87. The zero-order valence-corrected chi connectivity index (χ0v) is 15.5. The Kier molecular flexibility index (Phi) is 4.64. The van der Waals surface area contributed by atoms with Gasteiger partial charge in [0.1, 0.15) is 5.52 Å². The molecule has 3 rings (SSSR count). The van der Waals surface area contributed by atoms with E-state index < -0.39 is 16.0 Å². The summed E-state index contributed by atoms with van der Waals surface area (Å²) in [5.74, 6) is -1.20. The van der Waals surface area contributed by atoms with Crippen LogP contribution in [0.25, 0.3) is 11.1 Å². The van der Waals surface area contributed by atoms with Crippen LogP contribution in [0.4, 0.5) is 6.01 Å². The van der Waals surface area contributed by atoms with Crippen molar-refractivity contribution in [2.45, 2.75) is 18.7 Å². The van der Waals surface area contributed by atoms with Crippen LogP contribution in [0, 0.1) is 6.92 Å². The molecule has 0 aliphatic carbocycles. The maximum absolute atomic E-state index is 13.0. The molecule has 0 spiro atoms. The minimum Gasteiger partial charge on any atom is -0.478 e. The van der Waals surface area contributed by atoms with Gasteiger partial charge in [-0.3, -0.25) is 0 Å². The van der Waals surface area contributed by atoms with Crippen molar-refractivity contribution in [1.82, 2.24) is 4.98 Å². The Labute approximate surface area is 154 Å². The minimum atomic E-state index is -4.05. The van der Waals surface area contributed by atoms with Crippen molar-refractivity contribution in [3.63, 3.8) is 0 Å². The number of nitrogens with zero attached hydrogens (tertiary/aromatic N) is 2. The van der Waals surface area contributed by atoms with Crippen molar-refractivity contribution < 1.29 is 22.7 Å². The average molecular weight is 395 g/mol. The number of oxazole rings is 1. The highest BCUT2D eigenvalue weighted by atomic mass is 35.5. The molecule has 0 saturated heterocycles. The van der Waals surface area contributed by atoms with Gasteiger partial charge in [-0.2, -0.15) is 4.98 Å². The standard InChI is InChI=1S/C17H15ClN2O5S/c1-3-20(17-19-14-8-11(18)5-7-15(14)25-17)26(23,24)12-6-4-10(2)13(9-12)16(21)22/h4-9H,3H2,1-2H3,(H,21,22). The smallest absolute Gasteiger partial charge is 0.335 e. The third kappa shape index (κ3) is 3.13. The van der Waals surface area contributed by atoms with E-state index in [0.29, 0.717) is 21.7 Å². The van der Waals surface area contributed by atoms with Crippen LogP contribution in [-0.2, 0) is 10.0 Å². The highest BCUT2D eigenvalue weighted by Crippen LogP contribution is 2.29. The normalized spacial score (nSPS) is 11.7. The molecule has 0 bridgehead atoms. The van der Waals surface area contributed by atoms with Crippen LogP contribution in [0.2, 0.25) is 5.02 Å². The van der Waals surface area contributed by atoms with Gasteiger partial charge in [0.2, 0.25) is 0 Å². The molecule has 0 saturated carbocycles. The lowest BCUT2D eigenvalue weighted by Crippen LogP contribution is -2.31. The van der Waals surface area contributed by atoms with Crippen molar-refractivity contribution in [3.8, 4) is 0 Å².